The van der Waals surface area contributed by atoms with Gasteiger partial charge >= 0.3 is 17.9 Å². The molecule has 0 spiro atoms. The van der Waals surface area contributed by atoms with Crippen LogP contribution in [0.1, 0.15) is 31.7 Å². The Kier molecular flexibility index (Phi) is 11.8. The van der Waals surface area contributed by atoms with E-state index in [9.17, 15) is 14.4 Å². The van der Waals surface area contributed by atoms with Crippen molar-refractivity contribution in [2.45, 2.75) is 32.6 Å². The summed E-state index contributed by atoms with van der Waals surface area (Å²) in [6, 6.07) is 9.68. The van der Waals surface area contributed by atoms with Gasteiger partial charge in [-0.1, -0.05) is 50.1 Å². The summed E-state index contributed by atoms with van der Waals surface area (Å²) in [4.78, 5) is 32.9. The number of aliphatic hydroxyl groups is 1. The van der Waals surface area contributed by atoms with E-state index < -0.39 is 17.9 Å². The van der Waals surface area contributed by atoms with Crippen molar-refractivity contribution in [1.29, 1.82) is 0 Å². The van der Waals surface area contributed by atoms with Crippen LogP contribution < -0.4 is 0 Å². The highest BCUT2D eigenvalue weighted by Crippen LogP contribution is 2.11. The lowest BCUT2D eigenvalue weighted by atomic mass is 10.1. The van der Waals surface area contributed by atoms with Gasteiger partial charge in [-0.25, -0.2) is 14.4 Å². The average molecular weight is 374 g/mol. The van der Waals surface area contributed by atoms with E-state index in [1.807, 2.05) is 30.3 Å². The molecule has 0 fully saturated rings. The van der Waals surface area contributed by atoms with Crippen molar-refractivity contribution in [3.63, 3.8) is 0 Å². The molecular formula is C21H26O6. The molecule has 0 saturated carbocycles. The first-order valence-corrected chi connectivity index (χ1v) is 8.34. The number of aryl methyl sites for hydroxylation is 1. The Morgan fingerprint density at radius 2 is 1.44 bits per heavy atom. The number of hydrogen-bond donors (Lipinski definition) is 2. The van der Waals surface area contributed by atoms with E-state index in [0.29, 0.717) is 25.7 Å². The second kappa shape index (κ2) is 13.2. The van der Waals surface area contributed by atoms with Gasteiger partial charge in [0.1, 0.15) is 0 Å². The normalized spacial score (nSPS) is 9.41. The summed E-state index contributed by atoms with van der Waals surface area (Å²) < 4.78 is 4.70. The Morgan fingerprint density at radius 1 is 0.963 bits per heavy atom. The maximum Gasteiger partial charge on any atom is 0.341 e. The van der Waals surface area contributed by atoms with Gasteiger partial charge in [-0.2, -0.15) is 0 Å². The fourth-order valence-electron chi connectivity index (χ4n) is 1.67. The molecule has 0 unspecified atom stereocenters. The van der Waals surface area contributed by atoms with Gasteiger partial charge in [0.2, 0.25) is 0 Å². The predicted molar refractivity (Wildman–Crippen MR) is 103 cm³/mol. The molecule has 6 heteroatoms. The van der Waals surface area contributed by atoms with Gasteiger partial charge in [0.05, 0.1) is 0 Å². The lowest BCUT2D eigenvalue weighted by Gasteiger charge is -2.07. The summed E-state index contributed by atoms with van der Waals surface area (Å²) in [6.45, 7) is 11.7. The second-order valence-electron chi connectivity index (χ2n) is 5.78. The van der Waals surface area contributed by atoms with Crippen molar-refractivity contribution < 1.29 is 29.3 Å². The topological polar surface area (TPSA) is 101 Å². The minimum Gasteiger partial charge on any atom is -0.478 e. The van der Waals surface area contributed by atoms with Gasteiger partial charge in [-0.3, -0.25) is 0 Å². The fraction of sp³-hybridized carbons (Fsp3) is 0.286. The number of carboxylic acid groups (broad SMARTS) is 1. The largest absolute Gasteiger partial charge is 0.478 e. The standard InChI is InChI=1S/C17H20O4.C4H6O2/c1-13(7-6-12-18)16(19)21-17(20)14(2)10-11-15-8-4-3-5-9-15;1-3(2)4(5)6/h3-5,8-9,18H,1-2,6-7,10-12H2;1H2,2H3,(H,5,6). The SMILES string of the molecule is C=C(C)C(=O)O.C=C(CCCO)C(=O)OC(=O)C(=C)CCc1ccccc1. The van der Waals surface area contributed by atoms with Crippen molar-refractivity contribution in [2.24, 2.45) is 0 Å². The van der Waals surface area contributed by atoms with Crippen molar-refractivity contribution in [2.75, 3.05) is 6.61 Å². The van der Waals surface area contributed by atoms with Crippen LogP contribution in [0.4, 0.5) is 0 Å². The van der Waals surface area contributed by atoms with Crippen LogP contribution in [0.15, 0.2) is 66.8 Å². The molecule has 0 saturated heterocycles. The average Bonchev–Trinajstić information content (AvgIpc) is 2.65. The van der Waals surface area contributed by atoms with Crippen LogP contribution in [0, 0.1) is 0 Å². The quantitative estimate of drug-likeness (QED) is 0.391. The van der Waals surface area contributed by atoms with Crippen LogP contribution in [0.3, 0.4) is 0 Å². The molecule has 0 aliphatic heterocycles. The number of hydrogen-bond acceptors (Lipinski definition) is 5. The summed E-state index contributed by atoms with van der Waals surface area (Å²) >= 11 is 0. The third-order valence-corrected chi connectivity index (χ3v) is 3.32. The molecule has 0 aliphatic carbocycles. The Morgan fingerprint density at radius 3 is 1.89 bits per heavy atom. The molecular weight excluding hydrogens is 348 g/mol. The zero-order valence-electron chi connectivity index (χ0n) is 15.6. The molecule has 27 heavy (non-hydrogen) atoms. The van der Waals surface area contributed by atoms with Gasteiger partial charge in [0, 0.05) is 23.3 Å². The van der Waals surface area contributed by atoms with Crippen molar-refractivity contribution in [3.8, 4) is 0 Å². The first-order chi connectivity index (χ1) is 12.7. The Balaban J connectivity index is 0.000000972. The Bertz CT molecular complexity index is 676. The number of esters is 2. The highest BCUT2D eigenvalue weighted by molar-refractivity contribution is 6.01. The molecule has 0 amide bonds. The summed E-state index contributed by atoms with van der Waals surface area (Å²) in [5, 5.41) is 16.6. The van der Waals surface area contributed by atoms with E-state index in [1.165, 1.54) is 6.92 Å². The molecule has 2 N–H and O–H groups in total. The number of rotatable bonds is 9. The van der Waals surface area contributed by atoms with Crippen molar-refractivity contribution in [3.05, 3.63) is 72.4 Å². The first kappa shape index (κ1) is 24.0. The van der Waals surface area contributed by atoms with Crippen LogP contribution in [0.5, 0.6) is 0 Å². The maximum atomic E-state index is 11.7. The third kappa shape index (κ3) is 11.3. The van der Waals surface area contributed by atoms with Crippen LogP contribution in [0.25, 0.3) is 0 Å². The smallest absolute Gasteiger partial charge is 0.341 e. The molecule has 6 nitrogen and oxygen atoms in total. The van der Waals surface area contributed by atoms with Crippen LogP contribution in [-0.2, 0) is 25.5 Å². The van der Waals surface area contributed by atoms with Gasteiger partial charge in [0.15, 0.2) is 0 Å². The van der Waals surface area contributed by atoms with Crippen molar-refractivity contribution >= 4 is 17.9 Å². The predicted octanol–water partition coefficient (Wildman–Crippen LogP) is 3.22. The van der Waals surface area contributed by atoms with Crippen LogP contribution in [-0.4, -0.2) is 34.7 Å². The van der Waals surface area contributed by atoms with E-state index in [-0.39, 0.29) is 23.3 Å². The number of benzene rings is 1. The molecule has 1 rings (SSSR count). The van der Waals surface area contributed by atoms with Crippen LogP contribution >= 0.6 is 0 Å². The third-order valence-electron chi connectivity index (χ3n) is 3.32. The molecule has 146 valence electrons. The molecule has 0 heterocycles. The number of aliphatic hydroxyl groups excluding tert-OH is 1. The van der Waals surface area contributed by atoms with E-state index in [2.05, 4.69) is 19.7 Å². The zero-order chi connectivity index (χ0) is 20.8. The molecule has 0 aromatic heterocycles. The molecule has 1 aromatic carbocycles. The second-order valence-corrected chi connectivity index (χ2v) is 5.78. The van der Waals surface area contributed by atoms with E-state index in [0.717, 1.165) is 5.56 Å². The molecule has 1 aromatic rings. The van der Waals surface area contributed by atoms with Gasteiger partial charge < -0.3 is 14.9 Å². The number of aliphatic carboxylic acids is 1. The molecule has 0 atom stereocenters. The number of ether oxygens (including phenoxy) is 1. The van der Waals surface area contributed by atoms with Gasteiger partial charge in [0.25, 0.3) is 0 Å². The highest BCUT2D eigenvalue weighted by Gasteiger charge is 2.16. The number of carbonyl (C=O) groups excluding carboxylic acids is 2. The van der Waals surface area contributed by atoms with Gasteiger partial charge in [-0.15, -0.1) is 0 Å². The van der Waals surface area contributed by atoms with Gasteiger partial charge in [-0.05, 0) is 38.2 Å². The minimum atomic E-state index is -0.935. The highest BCUT2D eigenvalue weighted by atomic mass is 16.6. The Hall–Kier alpha value is -2.99. The minimum absolute atomic E-state index is 0.0377. The summed E-state index contributed by atoms with van der Waals surface area (Å²) in [5.74, 6) is -2.41. The monoisotopic (exact) mass is 374 g/mol. The van der Waals surface area contributed by atoms with E-state index >= 15 is 0 Å². The maximum absolute atomic E-state index is 11.7. The van der Waals surface area contributed by atoms with E-state index in [4.69, 9.17) is 14.9 Å². The summed E-state index contributed by atoms with van der Waals surface area (Å²) in [5.41, 5.74) is 1.69. The lowest BCUT2D eigenvalue weighted by Crippen LogP contribution is -2.16. The molecule has 0 radical (unpaired) electrons. The molecule has 0 aliphatic rings. The number of carbonyl (C=O) groups is 3. The summed E-state index contributed by atoms with van der Waals surface area (Å²) in [7, 11) is 0. The zero-order valence-corrected chi connectivity index (χ0v) is 15.6. The molecule has 0 bridgehead atoms. The lowest BCUT2D eigenvalue weighted by molar-refractivity contribution is -0.154. The van der Waals surface area contributed by atoms with Crippen molar-refractivity contribution in [1.82, 2.24) is 0 Å². The summed E-state index contributed by atoms with van der Waals surface area (Å²) in [6.07, 6.45) is 1.81. The van der Waals surface area contributed by atoms with E-state index in [1.54, 1.807) is 0 Å². The number of carboxylic acids is 1. The Labute approximate surface area is 159 Å². The fourth-order valence-corrected chi connectivity index (χ4v) is 1.67. The van der Waals surface area contributed by atoms with Crippen LogP contribution in [0.2, 0.25) is 0 Å². The first-order valence-electron chi connectivity index (χ1n) is 8.34.